The van der Waals surface area contributed by atoms with E-state index >= 15 is 0 Å². The maximum absolute atomic E-state index is 13.6. The molecule has 3 atom stereocenters. The average molecular weight is 578 g/mol. The maximum Gasteiger partial charge on any atom is 0.410 e. The van der Waals surface area contributed by atoms with Gasteiger partial charge in [0.05, 0.1) is 39.0 Å². The fourth-order valence-corrected chi connectivity index (χ4v) is 5.33. The topological polar surface area (TPSA) is 57.2 Å². The zero-order chi connectivity index (χ0) is 29.7. The molecule has 6 heteroatoms. The van der Waals surface area contributed by atoms with E-state index in [0.29, 0.717) is 39.4 Å². The molecule has 4 aromatic rings. The van der Waals surface area contributed by atoms with Crippen molar-refractivity contribution in [2.45, 2.75) is 57.7 Å². The Labute approximate surface area is 254 Å². The molecule has 0 bridgehead atoms. The van der Waals surface area contributed by atoms with E-state index in [4.69, 9.17) is 18.9 Å². The van der Waals surface area contributed by atoms with Crippen LogP contribution in [0.2, 0.25) is 0 Å². The van der Waals surface area contributed by atoms with Crippen LogP contribution in [0.3, 0.4) is 0 Å². The minimum atomic E-state index is -0.397. The van der Waals surface area contributed by atoms with Crippen LogP contribution in [0.4, 0.5) is 4.79 Å². The summed E-state index contributed by atoms with van der Waals surface area (Å²) in [5.41, 5.74) is 5.15. The predicted molar refractivity (Wildman–Crippen MR) is 167 cm³/mol. The second-order valence-electron chi connectivity index (χ2n) is 10.6. The largest absolute Gasteiger partial charge is 0.445 e. The Morgan fingerprint density at radius 3 is 1.77 bits per heavy atom. The summed E-state index contributed by atoms with van der Waals surface area (Å²) in [4.78, 5) is 15.3. The Hall–Kier alpha value is -4.23. The van der Waals surface area contributed by atoms with Gasteiger partial charge in [-0.25, -0.2) is 4.79 Å². The molecule has 1 saturated heterocycles. The number of hydrogen-bond acceptors (Lipinski definition) is 5. The molecule has 43 heavy (non-hydrogen) atoms. The molecule has 0 radical (unpaired) electrons. The van der Waals surface area contributed by atoms with Crippen molar-refractivity contribution in [2.75, 3.05) is 6.54 Å². The van der Waals surface area contributed by atoms with Gasteiger partial charge in [-0.1, -0.05) is 121 Å². The number of hydrogen-bond donors (Lipinski definition) is 0. The minimum Gasteiger partial charge on any atom is -0.445 e. The number of nitrogens with zero attached hydrogens (tertiary/aromatic N) is 1. The number of carbonyl (C=O) groups is 1. The number of likely N-dealkylation sites (tertiary alicyclic amines) is 1. The van der Waals surface area contributed by atoms with Crippen LogP contribution in [0.25, 0.3) is 0 Å². The minimum absolute atomic E-state index is 0.145. The molecular formula is C37H39NO5. The standard InChI is InChI=1S/C37H39NO5/c1-2-14-34-36(42-26-31-19-10-5-11-20-31)35(41-25-30-17-8-4-9-18-30)23-38(34)37(39)43-28-33-22-13-12-21-32(33)27-40-24-29-15-6-3-7-16-29/h2-13,15-22,34-36H,1,14,23-28H2/t34-,35+,36-/m0/s1. The number of rotatable bonds is 14. The lowest BCUT2D eigenvalue weighted by molar-refractivity contribution is -0.0704. The van der Waals surface area contributed by atoms with Crippen LogP contribution < -0.4 is 0 Å². The van der Waals surface area contributed by atoms with Crippen molar-refractivity contribution in [2.24, 2.45) is 0 Å². The fraction of sp³-hybridized carbons (Fsp3) is 0.270. The summed E-state index contributed by atoms with van der Waals surface area (Å²) in [6.07, 6.45) is 1.33. The first-order chi connectivity index (χ1) is 21.2. The molecule has 1 amide bonds. The van der Waals surface area contributed by atoms with Crippen LogP contribution in [0, 0.1) is 0 Å². The Morgan fingerprint density at radius 1 is 0.674 bits per heavy atom. The molecule has 0 spiro atoms. The van der Waals surface area contributed by atoms with Gasteiger partial charge in [-0.2, -0.15) is 0 Å². The molecule has 1 fully saturated rings. The lowest BCUT2D eigenvalue weighted by Gasteiger charge is -2.27. The van der Waals surface area contributed by atoms with Crippen LogP contribution in [-0.4, -0.2) is 35.8 Å². The molecule has 0 N–H and O–H groups in total. The molecule has 0 unspecified atom stereocenters. The van der Waals surface area contributed by atoms with E-state index < -0.39 is 6.09 Å². The van der Waals surface area contributed by atoms with E-state index in [0.717, 1.165) is 27.8 Å². The summed E-state index contributed by atoms with van der Waals surface area (Å²) in [7, 11) is 0. The highest BCUT2D eigenvalue weighted by Crippen LogP contribution is 2.29. The van der Waals surface area contributed by atoms with Gasteiger partial charge in [-0.15, -0.1) is 6.58 Å². The average Bonchev–Trinajstić information content (AvgIpc) is 3.40. The molecule has 1 aliphatic heterocycles. The van der Waals surface area contributed by atoms with E-state index in [2.05, 4.69) is 6.58 Å². The molecule has 1 heterocycles. The first-order valence-corrected chi connectivity index (χ1v) is 14.7. The van der Waals surface area contributed by atoms with Gasteiger partial charge < -0.3 is 18.9 Å². The van der Waals surface area contributed by atoms with E-state index in [1.54, 1.807) is 4.90 Å². The zero-order valence-corrected chi connectivity index (χ0v) is 24.4. The third-order valence-corrected chi connectivity index (χ3v) is 7.60. The fourth-order valence-electron chi connectivity index (χ4n) is 5.33. The number of amides is 1. The molecule has 5 rings (SSSR count). The van der Waals surface area contributed by atoms with Gasteiger partial charge in [0.15, 0.2) is 0 Å². The molecule has 0 aromatic heterocycles. The van der Waals surface area contributed by atoms with E-state index in [1.165, 1.54) is 0 Å². The number of benzene rings is 4. The highest BCUT2D eigenvalue weighted by molar-refractivity contribution is 5.69. The molecular weight excluding hydrogens is 538 g/mol. The van der Waals surface area contributed by atoms with Gasteiger partial charge in [-0.05, 0) is 34.2 Å². The molecule has 0 aliphatic carbocycles. The monoisotopic (exact) mass is 577 g/mol. The van der Waals surface area contributed by atoms with E-state index in [9.17, 15) is 4.79 Å². The first-order valence-electron chi connectivity index (χ1n) is 14.7. The normalized spacial score (nSPS) is 18.0. The van der Waals surface area contributed by atoms with Crippen molar-refractivity contribution < 1.29 is 23.7 Å². The molecule has 6 nitrogen and oxygen atoms in total. The van der Waals surface area contributed by atoms with Crippen molar-refractivity contribution in [3.63, 3.8) is 0 Å². The lowest BCUT2D eigenvalue weighted by atomic mass is 10.1. The van der Waals surface area contributed by atoms with Gasteiger partial charge >= 0.3 is 6.09 Å². The summed E-state index contributed by atoms with van der Waals surface area (Å²) < 4.78 is 24.7. The zero-order valence-electron chi connectivity index (χ0n) is 24.4. The van der Waals surface area contributed by atoms with Gasteiger partial charge in [0.1, 0.15) is 18.8 Å². The Kier molecular flexibility index (Phi) is 11.1. The third kappa shape index (κ3) is 8.64. The van der Waals surface area contributed by atoms with Crippen molar-refractivity contribution in [1.29, 1.82) is 0 Å². The lowest BCUT2D eigenvalue weighted by Crippen LogP contribution is -2.41. The molecule has 1 aliphatic rings. The summed E-state index contributed by atoms with van der Waals surface area (Å²) in [5, 5.41) is 0. The summed E-state index contributed by atoms with van der Waals surface area (Å²) in [5.74, 6) is 0. The van der Waals surface area contributed by atoms with Crippen LogP contribution in [0.1, 0.15) is 34.2 Å². The van der Waals surface area contributed by atoms with Crippen molar-refractivity contribution in [1.82, 2.24) is 4.90 Å². The molecule has 222 valence electrons. The van der Waals surface area contributed by atoms with Gasteiger partial charge in [-0.3, -0.25) is 4.90 Å². The van der Waals surface area contributed by atoms with Crippen molar-refractivity contribution in [3.8, 4) is 0 Å². The van der Waals surface area contributed by atoms with E-state index in [-0.39, 0.29) is 24.9 Å². The van der Waals surface area contributed by atoms with Crippen molar-refractivity contribution >= 4 is 6.09 Å². The quantitative estimate of drug-likeness (QED) is 0.146. The van der Waals surface area contributed by atoms with Crippen LogP contribution in [0.15, 0.2) is 128 Å². The van der Waals surface area contributed by atoms with Gasteiger partial charge in [0, 0.05) is 0 Å². The van der Waals surface area contributed by atoms with E-state index in [1.807, 2.05) is 121 Å². The highest BCUT2D eigenvalue weighted by Gasteiger charge is 2.45. The predicted octanol–water partition coefficient (Wildman–Crippen LogP) is 7.47. The molecule has 4 aromatic carbocycles. The Balaban J connectivity index is 1.24. The first kappa shape index (κ1) is 30.2. The Morgan fingerprint density at radius 2 is 1.19 bits per heavy atom. The molecule has 0 saturated carbocycles. The number of ether oxygens (including phenoxy) is 4. The Bertz CT molecular complexity index is 1410. The van der Waals surface area contributed by atoms with Crippen LogP contribution >= 0.6 is 0 Å². The summed E-state index contributed by atoms with van der Waals surface area (Å²) >= 11 is 0. The van der Waals surface area contributed by atoms with Gasteiger partial charge in [0.2, 0.25) is 0 Å². The summed E-state index contributed by atoms with van der Waals surface area (Å²) in [6.45, 7) is 6.26. The smallest absolute Gasteiger partial charge is 0.410 e. The highest BCUT2D eigenvalue weighted by atomic mass is 16.6. The van der Waals surface area contributed by atoms with Crippen LogP contribution in [-0.2, 0) is 52.0 Å². The summed E-state index contributed by atoms with van der Waals surface area (Å²) in [6, 6.07) is 37.7. The third-order valence-electron chi connectivity index (χ3n) is 7.60. The maximum atomic E-state index is 13.6. The van der Waals surface area contributed by atoms with Gasteiger partial charge in [0.25, 0.3) is 0 Å². The number of carbonyl (C=O) groups excluding carboxylic acids is 1. The second-order valence-corrected chi connectivity index (χ2v) is 10.6. The second kappa shape index (κ2) is 15.8. The SMILES string of the molecule is C=CC[C@H]1[C@H](OCc2ccccc2)[C@H](OCc2ccccc2)CN1C(=O)OCc1ccccc1COCc1ccccc1. The van der Waals surface area contributed by atoms with Crippen molar-refractivity contribution in [3.05, 3.63) is 156 Å². The van der Waals surface area contributed by atoms with Crippen LogP contribution in [0.5, 0.6) is 0 Å².